The molecule has 0 radical (unpaired) electrons. The fourth-order valence-corrected chi connectivity index (χ4v) is 3.75. The van der Waals surface area contributed by atoms with E-state index in [0.29, 0.717) is 19.3 Å². The van der Waals surface area contributed by atoms with Crippen molar-refractivity contribution in [3.05, 3.63) is 53.1 Å². The van der Waals surface area contributed by atoms with Gasteiger partial charge in [-0.05, 0) is 60.7 Å². The van der Waals surface area contributed by atoms with Crippen LogP contribution in [0.2, 0.25) is 0 Å². The number of rotatable bonds is 3. The smallest absolute Gasteiger partial charge is 0.161 e. The standard InChI is InChI=1S/C21H25NO3/c1-15-11-17-4-5-19(23-2)13-18(17)7-8-22(15)14-16-3-6-20-21(12-16)25-10-9-24-20/h3-6,12-13,15H,7-11,14H2,1-2H3/t15-/m0/s1. The maximum absolute atomic E-state index is 5.72. The van der Waals surface area contributed by atoms with Gasteiger partial charge in [0.15, 0.2) is 11.5 Å². The van der Waals surface area contributed by atoms with Crippen LogP contribution in [0.15, 0.2) is 36.4 Å². The van der Waals surface area contributed by atoms with Crippen LogP contribution in [0, 0.1) is 0 Å². The zero-order valence-corrected chi connectivity index (χ0v) is 15.0. The Hall–Kier alpha value is -2.20. The van der Waals surface area contributed by atoms with Crippen molar-refractivity contribution in [2.45, 2.75) is 32.4 Å². The number of hydrogen-bond donors (Lipinski definition) is 0. The lowest BCUT2D eigenvalue weighted by molar-refractivity contribution is 0.170. The number of fused-ring (bicyclic) bond motifs is 2. The molecule has 132 valence electrons. The molecule has 0 amide bonds. The summed E-state index contributed by atoms with van der Waals surface area (Å²) in [6, 6.07) is 13.3. The molecular formula is C21H25NO3. The van der Waals surface area contributed by atoms with Crippen LogP contribution in [0.3, 0.4) is 0 Å². The van der Waals surface area contributed by atoms with E-state index < -0.39 is 0 Å². The summed E-state index contributed by atoms with van der Waals surface area (Å²) in [6.07, 6.45) is 2.13. The first-order chi connectivity index (χ1) is 12.2. The fourth-order valence-electron chi connectivity index (χ4n) is 3.75. The van der Waals surface area contributed by atoms with E-state index in [-0.39, 0.29) is 0 Å². The average molecular weight is 339 g/mol. The molecule has 0 saturated carbocycles. The lowest BCUT2D eigenvalue weighted by Crippen LogP contribution is -2.34. The van der Waals surface area contributed by atoms with Gasteiger partial charge in [0.25, 0.3) is 0 Å². The molecule has 2 aliphatic heterocycles. The van der Waals surface area contributed by atoms with Gasteiger partial charge in [0, 0.05) is 19.1 Å². The number of nitrogens with zero attached hydrogens (tertiary/aromatic N) is 1. The van der Waals surface area contributed by atoms with Crippen molar-refractivity contribution in [3.8, 4) is 17.2 Å². The summed E-state index contributed by atoms with van der Waals surface area (Å²) < 4.78 is 16.7. The van der Waals surface area contributed by atoms with Crippen molar-refractivity contribution < 1.29 is 14.2 Å². The summed E-state index contributed by atoms with van der Waals surface area (Å²) in [5, 5.41) is 0. The SMILES string of the molecule is COc1ccc2c(c1)CCN(Cc1ccc3c(c1)OCCO3)[C@@H](C)C2. The molecule has 0 bridgehead atoms. The zero-order valence-electron chi connectivity index (χ0n) is 15.0. The third kappa shape index (κ3) is 3.45. The topological polar surface area (TPSA) is 30.9 Å². The average Bonchev–Trinajstić information content (AvgIpc) is 2.80. The van der Waals surface area contributed by atoms with Crippen LogP contribution in [-0.2, 0) is 19.4 Å². The molecule has 2 heterocycles. The largest absolute Gasteiger partial charge is 0.497 e. The van der Waals surface area contributed by atoms with E-state index in [1.165, 1.54) is 16.7 Å². The van der Waals surface area contributed by atoms with Gasteiger partial charge in [-0.2, -0.15) is 0 Å². The van der Waals surface area contributed by atoms with Crippen LogP contribution < -0.4 is 14.2 Å². The Labute approximate surface area is 149 Å². The molecule has 4 heteroatoms. The lowest BCUT2D eigenvalue weighted by Gasteiger charge is -2.27. The Kier molecular flexibility index (Phi) is 4.53. The molecule has 0 spiro atoms. The highest BCUT2D eigenvalue weighted by atomic mass is 16.6. The zero-order chi connectivity index (χ0) is 17.2. The molecule has 4 nitrogen and oxygen atoms in total. The summed E-state index contributed by atoms with van der Waals surface area (Å²) in [5.41, 5.74) is 4.13. The number of methoxy groups -OCH3 is 1. The van der Waals surface area contributed by atoms with E-state index in [9.17, 15) is 0 Å². The first kappa shape index (κ1) is 16.3. The number of ether oxygens (including phenoxy) is 3. The van der Waals surface area contributed by atoms with Gasteiger partial charge in [0.05, 0.1) is 7.11 Å². The number of benzene rings is 2. The van der Waals surface area contributed by atoms with E-state index in [0.717, 1.165) is 43.2 Å². The molecule has 0 saturated heterocycles. The van der Waals surface area contributed by atoms with Gasteiger partial charge in [0.2, 0.25) is 0 Å². The highest BCUT2D eigenvalue weighted by molar-refractivity contribution is 5.44. The molecule has 0 unspecified atom stereocenters. The van der Waals surface area contributed by atoms with E-state index in [4.69, 9.17) is 14.2 Å². The van der Waals surface area contributed by atoms with Gasteiger partial charge >= 0.3 is 0 Å². The van der Waals surface area contributed by atoms with Crippen molar-refractivity contribution in [1.29, 1.82) is 0 Å². The third-order valence-electron chi connectivity index (χ3n) is 5.21. The predicted molar refractivity (Wildman–Crippen MR) is 97.7 cm³/mol. The van der Waals surface area contributed by atoms with Crippen molar-refractivity contribution >= 4 is 0 Å². The first-order valence-corrected chi connectivity index (χ1v) is 9.01. The second-order valence-electron chi connectivity index (χ2n) is 6.89. The molecule has 0 N–H and O–H groups in total. The highest BCUT2D eigenvalue weighted by Crippen LogP contribution is 2.32. The third-order valence-corrected chi connectivity index (χ3v) is 5.21. The Morgan fingerprint density at radius 2 is 1.88 bits per heavy atom. The minimum absolute atomic E-state index is 0.503. The molecule has 4 rings (SSSR count). The Balaban J connectivity index is 1.50. The summed E-state index contributed by atoms with van der Waals surface area (Å²) in [4.78, 5) is 2.55. The maximum Gasteiger partial charge on any atom is 0.161 e. The second-order valence-corrected chi connectivity index (χ2v) is 6.89. The van der Waals surface area contributed by atoms with E-state index in [1.54, 1.807) is 7.11 Å². The summed E-state index contributed by atoms with van der Waals surface area (Å²) in [6.45, 7) is 5.57. The van der Waals surface area contributed by atoms with Gasteiger partial charge in [0.1, 0.15) is 19.0 Å². The Morgan fingerprint density at radius 3 is 2.72 bits per heavy atom. The van der Waals surface area contributed by atoms with Crippen molar-refractivity contribution in [2.75, 3.05) is 26.9 Å². The van der Waals surface area contributed by atoms with Gasteiger partial charge in [-0.25, -0.2) is 0 Å². The van der Waals surface area contributed by atoms with Crippen LogP contribution in [0.25, 0.3) is 0 Å². The van der Waals surface area contributed by atoms with Crippen molar-refractivity contribution in [3.63, 3.8) is 0 Å². The summed E-state index contributed by atoms with van der Waals surface area (Å²) in [5.74, 6) is 2.68. The fraction of sp³-hybridized carbons (Fsp3) is 0.429. The predicted octanol–water partition coefficient (Wildman–Crippen LogP) is 3.46. The molecule has 25 heavy (non-hydrogen) atoms. The maximum atomic E-state index is 5.72. The lowest BCUT2D eigenvalue weighted by atomic mass is 10.0. The van der Waals surface area contributed by atoms with Gasteiger partial charge in [-0.15, -0.1) is 0 Å². The van der Waals surface area contributed by atoms with Crippen LogP contribution >= 0.6 is 0 Å². The number of hydrogen-bond acceptors (Lipinski definition) is 4. The molecule has 0 aliphatic carbocycles. The molecular weight excluding hydrogens is 314 g/mol. The molecule has 1 atom stereocenters. The van der Waals surface area contributed by atoms with E-state index >= 15 is 0 Å². The van der Waals surface area contributed by atoms with Gasteiger partial charge in [-0.3, -0.25) is 4.90 Å². The summed E-state index contributed by atoms with van der Waals surface area (Å²) in [7, 11) is 1.73. The Morgan fingerprint density at radius 1 is 1.04 bits per heavy atom. The molecule has 2 aromatic rings. The quantitative estimate of drug-likeness (QED) is 0.857. The van der Waals surface area contributed by atoms with E-state index in [2.05, 4.69) is 42.2 Å². The van der Waals surface area contributed by atoms with Gasteiger partial charge < -0.3 is 14.2 Å². The highest BCUT2D eigenvalue weighted by Gasteiger charge is 2.22. The molecule has 0 fully saturated rings. The van der Waals surface area contributed by atoms with Crippen LogP contribution in [0.5, 0.6) is 17.2 Å². The molecule has 2 aromatic carbocycles. The van der Waals surface area contributed by atoms with Crippen molar-refractivity contribution in [2.24, 2.45) is 0 Å². The van der Waals surface area contributed by atoms with Crippen LogP contribution in [-0.4, -0.2) is 37.8 Å². The minimum atomic E-state index is 0.503. The van der Waals surface area contributed by atoms with Crippen LogP contribution in [0.1, 0.15) is 23.6 Å². The molecule has 0 aromatic heterocycles. The van der Waals surface area contributed by atoms with Gasteiger partial charge in [-0.1, -0.05) is 12.1 Å². The second kappa shape index (κ2) is 6.96. The normalized spacial score (nSPS) is 19.8. The van der Waals surface area contributed by atoms with Crippen molar-refractivity contribution in [1.82, 2.24) is 4.90 Å². The summed E-state index contributed by atoms with van der Waals surface area (Å²) >= 11 is 0. The monoisotopic (exact) mass is 339 g/mol. The minimum Gasteiger partial charge on any atom is -0.497 e. The first-order valence-electron chi connectivity index (χ1n) is 9.01. The Bertz CT molecular complexity index is 759. The van der Waals surface area contributed by atoms with E-state index in [1.807, 2.05) is 6.07 Å². The molecule has 2 aliphatic rings. The van der Waals surface area contributed by atoms with Crippen LogP contribution in [0.4, 0.5) is 0 Å².